The van der Waals surface area contributed by atoms with Crippen LogP contribution < -0.4 is 14.4 Å². The third-order valence-electron chi connectivity index (χ3n) is 9.68. The molecule has 2 aromatic rings. The Morgan fingerprint density at radius 2 is 1.69 bits per heavy atom. The molecule has 9 nitrogen and oxygen atoms in total. The second kappa shape index (κ2) is 9.83. The molecule has 0 radical (unpaired) electrons. The molecule has 220 valence electrons. The molecule has 3 fully saturated rings. The lowest BCUT2D eigenvalue weighted by Gasteiger charge is -2.49. The standard InChI is InChI=1S/C31H30ClFN2O7/c1-5-34-27(37)17-8-7-16-18(24(17)29(34)39)13-19-28(38)35(15-6-9-21(33)20(32)12-15)30(40)31(19,2)25(16)14-10-22(41-3)26(36)23(11-14)42-4/h6-7,9-12,17-19,24-25,36H,5,8,13H2,1-4H3/t17-,18+,19-,24-,25-,31+/m0/s1. The van der Waals surface area contributed by atoms with Gasteiger partial charge in [0.05, 0.1) is 48.1 Å². The first-order valence-corrected chi connectivity index (χ1v) is 14.2. The van der Waals surface area contributed by atoms with Crippen molar-refractivity contribution in [3.05, 3.63) is 58.4 Å². The van der Waals surface area contributed by atoms with E-state index in [4.69, 9.17) is 21.1 Å². The summed E-state index contributed by atoms with van der Waals surface area (Å²) < 4.78 is 24.9. The summed E-state index contributed by atoms with van der Waals surface area (Å²) in [5.74, 6) is -5.46. The van der Waals surface area contributed by atoms with Crippen molar-refractivity contribution in [3.8, 4) is 17.2 Å². The first-order chi connectivity index (χ1) is 20.0. The molecule has 0 spiro atoms. The van der Waals surface area contributed by atoms with Crippen LogP contribution in [0.3, 0.4) is 0 Å². The average molecular weight is 597 g/mol. The van der Waals surface area contributed by atoms with Crippen LogP contribution in [0, 0.1) is 34.9 Å². The van der Waals surface area contributed by atoms with Crippen molar-refractivity contribution >= 4 is 40.9 Å². The van der Waals surface area contributed by atoms with Crippen molar-refractivity contribution in [2.45, 2.75) is 32.6 Å². The maximum atomic E-state index is 14.4. The monoisotopic (exact) mass is 596 g/mol. The molecule has 2 saturated heterocycles. The molecule has 4 amide bonds. The van der Waals surface area contributed by atoms with Gasteiger partial charge in [-0.1, -0.05) is 23.3 Å². The van der Waals surface area contributed by atoms with E-state index in [2.05, 4.69) is 0 Å². The minimum absolute atomic E-state index is 0.115. The van der Waals surface area contributed by atoms with Crippen molar-refractivity contribution in [2.75, 3.05) is 25.7 Å². The smallest absolute Gasteiger partial charge is 0.241 e. The average Bonchev–Trinajstić information content (AvgIpc) is 3.33. The largest absolute Gasteiger partial charge is 0.502 e. The minimum atomic E-state index is -1.34. The minimum Gasteiger partial charge on any atom is -0.502 e. The molecule has 0 unspecified atom stereocenters. The molecule has 6 atom stereocenters. The Labute approximate surface area is 246 Å². The highest BCUT2D eigenvalue weighted by Gasteiger charge is 2.67. The van der Waals surface area contributed by atoms with E-state index in [1.807, 2.05) is 6.08 Å². The molecular weight excluding hydrogens is 567 g/mol. The Kier molecular flexibility index (Phi) is 6.60. The van der Waals surface area contributed by atoms with Gasteiger partial charge in [-0.3, -0.25) is 24.1 Å². The van der Waals surface area contributed by atoms with Gasteiger partial charge in [-0.15, -0.1) is 0 Å². The summed E-state index contributed by atoms with van der Waals surface area (Å²) in [7, 11) is 2.78. The Hall–Kier alpha value is -3.92. The van der Waals surface area contributed by atoms with E-state index < -0.39 is 52.6 Å². The molecule has 2 aliphatic carbocycles. The van der Waals surface area contributed by atoms with E-state index in [0.29, 0.717) is 12.0 Å². The summed E-state index contributed by atoms with van der Waals surface area (Å²) in [6, 6.07) is 6.89. The van der Waals surface area contributed by atoms with Crippen LogP contribution in [0.15, 0.2) is 42.0 Å². The Morgan fingerprint density at radius 3 is 2.29 bits per heavy atom. The van der Waals surface area contributed by atoms with Crippen molar-refractivity contribution in [1.29, 1.82) is 0 Å². The topological polar surface area (TPSA) is 113 Å². The number of hydrogen-bond acceptors (Lipinski definition) is 7. The molecule has 2 aliphatic heterocycles. The molecule has 1 saturated carbocycles. The van der Waals surface area contributed by atoms with Crippen LogP contribution >= 0.6 is 11.6 Å². The number of methoxy groups -OCH3 is 2. The van der Waals surface area contributed by atoms with Gasteiger partial charge < -0.3 is 14.6 Å². The van der Waals surface area contributed by atoms with Gasteiger partial charge in [0.1, 0.15) is 5.82 Å². The third-order valence-corrected chi connectivity index (χ3v) is 9.97. The SMILES string of the molecule is CCN1C(=O)[C@H]2[C@H](CC=C3[C@H]2C[C@H]2C(=O)N(c4ccc(F)c(Cl)c4)C(=O)[C@@]2(C)[C@H]3c2cc(OC)c(O)c(OC)c2)C1=O. The number of phenols is 1. The molecule has 1 N–H and O–H groups in total. The number of aromatic hydroxyl groups is 1. The van der Waals surface area contributed by atoms with Crippen LogP contribution in [0.4, 0.5) is 10.1 Å². The maximum absolute atomic E-state index is 14.4. The van der Waals surface area contributed by atoms with Crippen LogP contribution in [0.25, 0.3) is 0 Å². The number of anilines is 1. The zero-order valence-electron chi connectivity index (χ0n) is 23.5. The summed E-state index contributed by atoms with van der Waals surface area (Å²) >= 11 is 6.04. The Bertz CT molecular complexity index is 1570. The number of halogens is 2. The third kappa shape index (κ3) is 3.66. The summed E-state index contributed by atoms with van der Waals surface area (Å²) in [6.45, 7) is 3.73. The van der Waals surface area contributed by atoms with Gasteiger partial charge in [0.25, 0.3) is 0 Å². The van der Waals surface area contributed by atoms with Gasteiger partial charge in [0.15, 0.2) is 11.5 Å². The maximum Gasteiger partial charge on any atom is 0.241 e. The molecule has 2 aromatic carbocycles. The van der Waals surface area contributed by atoms with Gasteiger partial charge in [-0.05, 0) is 68.5 Å². The number of fused-ring (bicyclic) bond motifs is 4. The predicted octanol–water partition coefficient (Wildman–Crippen LogP) is 4.45. The number of ether oxygens (including phenoxy) is 2. The number of phenolic OH excluding ortho intramolecular Hbond substituents is 1. The Balaban J connectivity index is 1.56. The first kappa shape index (κ1) is 28.2. The van der Waals surface area contributed by atoms with Gasteiger partial charge >= 0.3 is 0 Å². The second-order valence-electron chi connectivity index (χ2n) is 11.5. The number of nitrogens with zero attached hydrogens (tertiary/aromatic N) is 2. The molecule has 42 heavy (non-hydrogen) atoms. The first-order valence-electron chi connectivity index (χ1n) is 13.8. The number of benzene rings is 2. The number of carbonyl (C=O) groups is 4. The zero-order chi connectivity index (χ0) is 30.2. The van der Waals surface area contributed by atoms with Gasteiger partial charge in [-0.25, -0.2) is 9.29 Å². The van der Waals surface area contributed by atoms with Gasteiger partial charge in [-0.2, -0.15) is 0 Å². The molecule has 4 aliphatic rings. The summed E-state index contributed by atoms with van der Waals surface area (Å²) in [5, 5.41) is 10.4. The molecule has 6 rings (SSSR count). The highest BCUT2D eigenvalue weighted by atomic mass is 35.5. The van der Waals surface area contributed by atoms with Crippen molar-refractivity contribution in [3.63, 3.8) is 0 Å². The van der Waals surface area contributed by atoms with Crippen LogP contribution in [-0.4, -0.2) is 54.4 Å². The molecule has 0 bridgehead atoms. The number of amides is 4. The van der Waals surface area contributed by atoms with E-state index >= 15 is 0 Å². The number of rotatable bonds is 5. The molecule has 0 aromatic heterocycles. The highest BCUT2D eigenvalue weighted by Crippen LogP contribution is 2.64. The summed E-state index contributed by atoms with van der Waals surface area (Å²) in [6.07, 6.45) is 2.43. The van der Waals surface area contributed by atoms with Crippen LogP contribution in [0.1, 0.15) is 38.2 Å². The van der Waals surface area contributed by atoms with Gasteiger partial charge in [0.2, 0.25) is 29.4 Å². The van der Waals surface area contributed by atoms with Crippen molar-refractivity contribution in [2.24, 2.45) is 29.1 Å². The molecular formula is C31H30ClFN2O7. The Morgan fingerprint density at radius 1 is 1.02 bits per heavy atom. The lowest BCUT2D eigenvalue weighted by atomic mass is 9.51. The van der Waals surface area contributed by atoms with Crippen LogP contribution in [0.2, 0.25) is 5.02 Å². The molecule has 2 heterocycles. The summed E-state index contributed by atoms with van der Waals surface area (Å²) in [5.41, 5.74) is 0.137. The molecule has 11 heteroatoms. The van der Waals surface area contributed by atoms with E-state index in [9.17, 15) is 28.7 Å². The van der Waals surface area contributed by atoms with Gasteiger partial charge in [0, 0.05) is 12.5 Å². The normalized spacial score (nSPS) is 30.2. The fourth-order valence-corrected chi connectivity index (χ4v) is 7.90. The van der Waals surface area contributed by atoms with E-state index in [-0.39, 0.29) is 52.7 Å². The highest BCUT2D eigenvalue weighted by molar-refractivity contribution is 6.31. The second-order valence-corrected chi connectivity index (χ2v) is 11.9. The lowest BCUT2D eigenvalue weighted by molar-refractivity contribution is -0.140. The summed E-state index contributed by atoms with van der Waals surface area (Å²) in [4.78, 5) is 57.7. The van der Waals surface area contributed by atoms with E-state index in [0.717, 1.165) is 16.5 Å². The number of carbonyl (C=O) groups excluding carboxylic acids is 4. The quantitative estimate of drug-likeness (QED) is 0.401. The number of hydrogen-bond donors (Lipinski definition) is 1. The van der Waals surface area contributed by atoms with E-state index in [1.165, 1.54) is 31.3 Å². The van der Waals surface area contributed by atoms with Crippen molar-refractivity contribution < 1.29 is 38.1 Å². The van der Waals surface area contributed by atoms with E-state index in [1.54, 1.807) is 26.0 Å². The number of likely N-dealkylation sites (tertiary alicyclic amines) is 1. The number of imide groups is 2. The number of allylic oxidation sites excluding steroid dienone is 2. The lowest BCUT2D eigenvalue weighted by Crippen LogP contribution is -2.48. The fourth-order valence-electron chi connectivity index (χ4n) is 7.72. The van der Waals surface area contributed by atoms with Crippen molar-refractivity contribution in [1.82, 2.24) is 4.90 Å². The van der Waals surface area contributed by atoms with Crippen LogP contribution in [-0.2, 0) is 19.2 Å². The zero-order valence-corrected chi connectivity index (χ0v) is 24.3. The fraction of sp³-hybridized carbons (Fsp3) is 0.419. The predicted molar refractivity (Wildman–Crippen MR) is 150 cm³/mol. The van der Waals surface area contributed by atoms with Crippen LogP contribution in [0.5, 0.6) is 17.2 Å².